The lowest BCUT2D eigenvalue weighted by molar-refractivity contribution is -0.145. The van der Waals surface area contributed by atoms with E-state index in [4.69, 9.17) is 0 Å². The van der Waals surface area contributed by atoms with Crippen LogP contribution in [0.15, 0.2) is 61.1 Å². The van der Waals surface area contributed by atoms with Crippen LogP contribution in [-0.4, -0.2) is 57.1 Å². The summed E-state index contributed by atoms with van der Waals surface area (Å²) in [7, 11) is 1.73. The van der Waals surface area contributed by atoms with Gasteiger partial charge in [-0.15, -0.1) is 0 Å². The standard InChI is InChI=1S/C24H25N5O3/c1-17-7-8-18(21-9-10-25-16-26-21)11-22(17)28(15-24(31)32)14-23(30)27(2)29-12-19-5-3-4-6-20(19)13-29/h3-11,16H,12-15H2,1-2H3,(H,31,32). The first-order valence-electron chi connectivity index (χ1n) is 10.3. The lowest BCUT2D eigenvalue weighted by Gasteiger charge is -2.31. The fourth-order valence-corrected chi connectivity index (χ4v) is 3.91. The van der Waals surface area contributed by atoms with E-state index in [1.807, 2.05) is 42.3 Å². The van der Waals surface area contributed by atoms with E-state index >= 15 is 0 Å². The molecule has 0 spiro atoms. The molecule has 8 nitrogen and oxygen atoms in total. The zero-order chi connectivity index (χ0) is 22.7. The molecule has 1 aromatic heterocycles. The lowest BCUT2D eigenvalue weighted by atomic mass is 10.1. The molecule has 4 rings (SSSR count). The maximum Gasteiger partial charge on any atom is 0.323 e. The number of carbonyl (C=O) groups is 2. The summed E-state index contributed by atoms with van der Waals surface area (Å²) in [6, 6.07) is 15.6. The smallest absolute Gasteiger partial charge is 0.323 e. The molecule has 0 radical (unpaired) electrons. The predicted molar refractivity (Wildman–Crippen MR) is 121 cm³/mol. The largest absolute Gasteiger partial charge is 0.480 e. The van der Waals surface area contributed by atoms with E-state index in [9.17, 15) is 14.7 Å². The average molecular weight is 431 g/mol. The molecule has 0 bridgehead atoms. The lowest BCUT2D eigenvalue weighted by Crippen LogP contribution is -2.47. The molecule has 0 saturated carbocycles. The van der Waals surface area contributed by atoms with Crippen molar-refractivity contribution in [3.8, 4) is 11.3 Å². The van der Waals surface area contributed by atoms with Gasteiger partial charge in [0.15, 0.2) is 0 Å². The molecule has 0 aliphatic carbocycles. The number of anilines is 1. The summed E-state index contributed by atoms with van der Waals surface area (Å²) in [4.78, 5) is 34.6. The zero-order valence-corrected chi connectivity index (χ0v) is 18.1. The minimum Gasteiger partial charge on any atom is -0.480 e. The Balaban J connectivity index is 1.55. The van der Waals surface area contributed by atoms with Crippen molar-refractivity contribution in [1.29, 1.82) is 0 Å². The van der Waals surface area contributed by atoms with Gasteiger partial charge in [0, 0.05) is 37.6 Å². The Kier molecular flexibility index (Phi) is 6.13. The fraction of sp³-hybridized carbons (Fsp3) is 0.250. The number of hydrogen-bond acceptors (Lipinski definition) is 6. The first kappa shape index (κ1) is 21.5. The minimum absolute atomic E-state index is 0.0519. The van der Waals surface area contributed by atoms with Crippen molar-refractivity contribution < 1.29 is 14.7 Å². The highest BCUT2D eigenvalue weighted by molar-refractivity contribution is 5.85. The molecule has 1 N–H and O–H groups in total. The first-order valence-corrected chi connectivity index (χ1v) is 10.3. The van der Waals surface area contributed by atoms with Gasteiger partial charge in [0.05, 0.1) is 12.2 Å². The van der Waals surface area contributed by atoms with Gasteiger partial charge in [-0.1, -0.05) is 36.4 Å². The molecule has 2 aromatic carbocycles. The van der Waals surface area contributed by atoms with Gasteiger partial charge < -0.3 is 10.0 Å². The monoisotopic (exact) mass is 431 g/mol. The van der Waals surface area contributed by atoms with E-state index in [1.54, 1.807) is 29.2 Å². The van der Waals surface area contributed by atoms with Crippen LogP contribution in [0.25, 0.3) is 11.3 Å². The predicted octanol–water partition coefficient (Wildman–Crippen LogP) is 2.73. The second-order valence-electron chi connectivity index (χ2n) is 7.85. The summed E-state index contributed by atoms with van der Waals surface area (Å²) in [5.74, 6) is -1.17. The van der Waals surface area contributed by atoms with E-state index in [2.05, 4.69) is 22.1 Å². The summed E-state index contributed by atoms with van der Waals surface area (Å²) < 4.78 is 0. The zero-order valence-electron chi connectivity index (χ0n) is 18.1. The van der Waals surface area contributed by atoms with Crippen molar-refractivity contribution in [1.82, 2.24) is 20.0 Å². The van der Waals surface area contributed by atoms with Crippen molar-refractivity contribution in [2.24, 2.45) is 0 Å². The molecule has 1 aliphatic rings. The average Bonchev–Trinajstić information content (AvgIpc) is 3.23. The van der Waals surface area contributed by atoms with E-state index in [-0.39, 0.29) is 19.0 Å². The number of carbonyl (C=O) groups excluding carboxylic acids is 1. The number of benzene rings is 2. The summed E-state index contributed by atoms with van der Waals surface area (Å²) >= 11 is 0. The van der Waals surface area contributed by atoms with Crippen molar-refractivity contribution >= 4 is 17.6 Å². The number of hydrazine groups is 1. The summed E-state index contributed by atoms with van der Waals surface area (Å²) in [6.07, 6.45) is 3.12. The Morgan fingerprint density at radius 2 is 1.78 bits per heavy atom. The molecule has 164 valence electrons. The topological polar surface area (TPSA) is 89.9 Å². The third-order valence-corrected chi connectivity index (χ3v) is 5.69. The molecule has 0 atom stereocenters. The number of aryl methyl sites for hydroxylation is 1. The third-order valence-electron chi connectivity index (χ3n) is 5.69. The number of carboxylic acid groups (broad SMARTS) is 1. The van der Waals surface area contributed by atoms with Crippen molar-refractivity contribution in [2.45, 2.75) is 20.0 Å². The summed E-state index contributed by atoms with van der Waals surface area (Å²) in [5.41, 5.74) is 5.53. The van der Waals surface area contributed by atoms with E-state index in [1.165, 1.54) is 17.5 Å². The molecule has 32 heavy (non-hydrogen) atoms. The van der Waals surface area contributed by atoms with E-state index < -0.39 is 5.97 Å². The SMILES string of the molecule is Cc1ccc(-c2ccncn2)cc1N(CC(=O)O)CC(=O)N(C)N1Cc2ccccc2C1. The highest BCUT2D eigenvalue weighted by atomic mass is 16.4. The van der Waals surface area contributed by atoms with Crippen LogP contribution in [0, 0.1) is 6.92 Å². The molecule has 1 amide bonds. The Bertz CT molecular complexity index is 1110. The number of nitrogens with zero attached hydrogens (tertiary/aromatic N) is 5. The van der Waals surface area contributed by atoms with Crippen LogP contribution in [0.3, 0.4) is 0 Å². The molecule has 0 fully saturated rings. The van der Waals surface area contributed by atoms with Gasteiger partial charge in [-0.05, 0) is 35.7 Å². The Hall–Kier alpha value is -3.78. The number of hydrogen-bond donors (Lipinski definition) is 1. The van der Waals surface area contributed by atoms with Crippen molar-refractivity contribution in [3.05, 3.63) is 77.7 Å². The van der Waals surface area contributed by atoms with Gasteiger partial charge in [0.2, 0.25) is 0 Å². The molecule has 3 aromatic rings. The number of amides is 1. The Morgan fingerprint density at radius 3 is 2.41 bits per heavy atom. The van der Waals surface area contributed by atoms with E-state index in [0.717, 1.165) is 16.8 Å². The van der Waals surface area contributed by atoms with Gasteiger partial charge in [-0.2, -0.15) is 0 Å². The van der Waals surface area contributed by atoms with Gasteiger partial charge in [0.25, 0.3) is 5.91 Å². The minimum atomic E-state index is -0.999. The quantitative estimate of drug-likeness (QED) is 0.615. The fourth-order valence-electron chi connectivity index (χ4n) is 3.91. The molecule has 8 heteroatoms. The number of aromatic nitrogens is 2. The Labute approximate surface area is 186 Å². The molecule has 2 heterocycles. The highest BCUT2D eigenvalue weighted by Crippen LogP contribution is 2.28. The van der Waals surface area contributed by atoms with Crippen LogP contribution in [0.4, 0.5) is 5.69 Å². The normalized spacial score (nSPS) is 12.9. The maximum atomic E-state index is 13.1. The first-order chi connectivity index (χ1) is 15.4. The third kappa shape index (κ3) is 4.60. The van der Waals surface area contributed by atoms with Gasteiger partial charge in [0.1, 0.15) is 12.9 Å². The van der Waals surface area contributed by atoms with Crippen molar-refractivity contribution in [3.63, 3.8) is 0 Å². The van der Waals surface area contributed by atoms with Gasteiger partial charge in [-0.3, -0.25) is 14.6 Å². The second-order valence-corrected chi connectivity index (χ2v) is 7.85. The molecule has 1 aliphatic heterocycles. The van der Waals surface area contributed by atoms with E-state index in [0.29, 0.717) is 18.8 Å². The summed E-state index contributed by atoms with van der Waals surface area (Å²) in [5, 5.41) is 13.1. The molecule has 0 unspecified atom stereocenters. The number of fused-ring (bicyclic) bond motifs is 1. The van der Waals surface area contributed by atoms with Crippen LogP contribution in [-0.2, 0) is 22.7 Å². The van der Waals surface area contributed by atoms with Crippen molar-refractivity contribution in [2.75, 3.05) is 25.0 Å². The van der Waals surface area contributed by atoms with Crippen LogP contribution in [0.5, 0.6) is 0 Å². The second kappa shape index (κ2) is 9.15. The van der Waals surface area contributed by atoms with Gasteiger partial charge in [-0.25, -0.2) is 15.0 Å². The highest BCUT2D eigenvalue weighted by Gasteiger charge is 2.27. The number of aliphatic carboxylic acids is 1. The van der Waals surface area contributed by atoms with Crippen LogP contribution in [0.2, 0.25) is 0 Å². The van der Waals surface area contributed by atoms with Crippen LogP contribution in [0.1, 0.15) is 16.7 Å². The Morgan fingerprint density at radius 1 is 1.06 bits per heavy atom. The number of rotatable bonds is 7. The summed E-state index contributed by atoms with van der Waals surface area (Å²) in [6.45, 7) is 2.87. The molecular weight excluding hydrogens is 406 g/mol. The van der Waals surface area contributed by atoms with Crippen LogP contribution >= 0.6 is 0 Å². The molecule has 0 saturated heterocycles. The number of carboxylic acids is 1. The van der Waals surface area contributed by atoms with Crippen LogP contribution < -0.4 is 4.90 Å². The van der Waals surface area contributed by atoms with Gasteiger partial charge >= 0.3 is 5.97 Å². The molecular formula is C24H25N5O3. The maximum absolute atomic E-state index is 13.1. The number of likely N-dealkylation sites (N-methyl/N-ethyl adjacent to an activating group) is 1.